The minimum atomic E-state index is -4.32. The number of nitrogens with zero attached hydrogens (tertiary/aromatic N) is 1. The zero-order valence-corrected chi connectivity index (χ0v) is 11.1. The predicted molar refractivity (Wildman–Crippen MR) is 65.1 cm³/mol. The number of benzene rings is 1. The van der Waals surface area contributed by atoms with Crippen LogP contribution in [0.1, 0.15) is 13.3 Å². The van der Waals surface area contributed by atoms with Gasteiger partial charge in [-0.2, -0.15) is 0 Å². The fraction of sp³-hybridized carbons (Fsp3) is 0.300. The van der Waals surface area contributed by atoms with Crippen molar-refractivity contribution in [1.29, 1.82) is 0 Å². The molecular formula is C10H11FN2O6S. The number of rotatable bonds is 6. The van der Waals surface area contributed by atoms with Crippen LogP contribution in [0.4, 0.5) is 10.1 Å². The zero-order valence-electron chi connectivity index (χ0n) is 10.2. The molecule has 1 atom stereocenters. The van der Waals surface area contributed by atoms with Gasteiger partial charge in [0.1, 0.15) is 5.82 Å². The van der Waals surface area contributed by atoms with Gasteiger partial charge >= 0.3 is 5.97 Å². The number of carboxylic acid groups (broad SMARTS) is 1. The monoisotopic (exact) mass is 306 g/mol. The van der Waals surface area contributed by atoms with Crippen LogP contribution in [-0.2, 0) is 14.8 Å². The first-order valence-electron chi connectivity index (χ1n) is 5.31. The van der Waals surface area contributed by atoms with Crippen LogP contribution < -0.4 is 4.72 Å². The van der Waals surface area contributed by atoms with Gasteiger partial charge in [-0.3, -0.25) is 14.9 Å². The highest BCUT2D eigenvalue weighted by Gasteiger charge is 2.28. The number of aliphatic carboxylic acids is 1. The van der Waals surface area contributed by atoms with Crippen LogP contribution in [-0.4, -0.2) is 30.5 Å². The van der Waals surface area contributed by atoms with Gasteiger partial charge in [0.15, 0.2) is 4.90 Å². The molecule has 1 unspecified atom stereocenters. The van der Waals surface area contributed by atoms with Crippen molar-refractivity contribution in [1.82, 2.24) is 4.72 Å². The van der Waals surface area contributed by atoms with Crippen molar-refractivity contribution in [2.24, 2.45) is 0 Å². The first-order chi connectivity index (χ1) is 9.13. The Balaban J connectivity index is 3.16. The topological polar surface area (TPSA) is 127 Å². The summed E-state index contributed by atoms with van der Waals surface area (Å²) in [5, 5.41) is 19.3. The summed E-state index contributed by atoms with van der Waals surface area (Å²) in [6.45, 7) is 1.29. The Morgan fingerprint density at radius 2 is 2.15 bits per heavy atom. The number of halogens is 1. The van der Waals surface area contributed by atoms with Crippen molar-refractivity contribution >= 4 is 21.7 Å². The van der Waals surface area contributed by atoms with Crippen molar-refractivity contribution in [2.75, 3.05) is 0 Å². The van der Waals surface area contributed by atoms with E-state index in [1.807, 2.05) is 4.72 Å². The molecule has 1 aromatic rings. The second-order valence-electron chi connectivity index (χ2n) is 3.99. The van der Waals surface area contributed by atoms with E-state index >= 15 is 0 Å². The summed E-state index contributed by atoms with van der Waals surface area (Å²) in [5.41, 5.74) is -0.917. The first-order valence-corrected chi connectivity index (χ1v) is 6.80. The van der Waals surface area contributed by atoms with E-state index < -0.39 is 49.8 Å². The fourth-order valence-corrected chi connectivity index (χ4v) is 2.89. The first kappa shape index (κ1) is 16.0. The maximum absolute atomic E-state index is 12.9. The predicted octanol–water partition coefficient (Wildman–Crippen LogP) is 0.875. The third-order valence-electron chi connectivity index (χ3n) is 2.24. The number of sulfonamides is 1. The zero-order chi connectivity index (χ0) is 15.5. The number of nitro benzene ring substituents is 1. The molecule has 1 rings (SSSR count). The van der Waals surface area contributed by atoms with E-state index in [2.05, 4.69) is 0 Å². The van der Waals surface area contributed by atoms with Crippen molar-refractivity contribution in [3.8, 4) is 0 Å². The van der Waals surface area contributed by atoms with Gasteiger partial charge in [-0.15, -0.1) is 0 Å². The Kier molecular flexibility index (Phi) is 4.73. The average Bonchev–Trinajstić information content (AvgIpc) is 2.26. The van der Waals surface area contributed by atoms with E-state index in [9.17, 15) is 27.7 Å². The molecule has 0 fully saturated rings. The van der Waals surface area contributed by atoms with E-state index in [0.29, 0.717) is 6.07 Å². The molecule has 0 aliphatic rings. The number of hydrogen-bond donors (Lipinski definition) is 2. The smallest absolute Gasteiger partial charge is 0.304 e. The second kappa shape index (κ2) is 5.92. The second-order valence-corrected chi connectivity index (χ2v) is 5.67. The Bertz CT molecular complexity index is 645. The number of carbonyl (C=O) groups is 1. The minimum Gasteiger partial charge on any atom is -0.481 e. The van der Waals surface area contributed by atoms with Crippen molar-refractivity contribution in [3.05, 3.63) is 34.1 Å². The molecule has 0 saturated heterocycles. The maximum atomic E-state index is 12.9. The van der Waals surface area contributed by atoms with Crippen LogP contribution in [0, 0.1) is 15.9 Å². The molecule has 0 aliphatic heterocycles. The largest absolute Gasteiger partial charge is 0.481 e. The summed E-state index contributed by atoms with van der Waals surface area (Å²) in [6.07, 6.45) is -0.492. The van der Waals surface area contributed by atoms with Gasteiger partial charge in [0.2, 0.25) is 10.0 Å². The third kappa shape index (κ3) is 3.96. The van der Waals surface area contributed by atoms with Gasteiger partial charge in [-0.05, 0) is 19.1 Å². The molecule has 0 aliphatic carbocycles. The summed E-state index contributed by atoms with van der Waals surface area (Å²) >= 11 is 0. The highest BCUT2D eigenvalue weighted by molar-refractivity contribution is 7.89. The molecule has 110 valence electrons. The third-order valence-corrected chi connectivity index (χ3v) is 3.88. The lowest BCUT2D eigenvalue weighted by Gasteiger charge is -2.12. The van der Waals surface area contributed by atoms with Crippen molar-refractivity contribution in [3.63, 3.8) is 0 Å². The standard InChI is InChI=1S/C10H11FN2O6S/c1-6(4-10(14)15)12-20(18,19)9-3-2-7(11)5-8(9)13(16)17/h2-3,5-6,12H,4H2,1H3,(H,14,15). The van der Waals surface area contributed by atoms with Gasteiger partial charge in [0, 0.05) is 6.04 Å². The number of nitrogens with one attached hydrogen (secondary N) is 1. The van der Waals surface area contributed by atoms with E-state index in [1.165, 1.54) is 6.92 Å². The minimum absolute atomic E-state index is 0.483. The summed E-state index contributed by atoms with van der Waals surface area (Å²) in [6, 6.07) is 1.03. The summed E-state index contributed by atoms with van der Waals surface area (Å²) < 4.78 is 38.8. The molecule has 0 heterocycles. The van der Waals surface area contributed by atoms with Crippen LogP contribution >= 0.6 is 0 Å². The van der Waals surface area contributed by atoms with Crippen molar-refractivity contribution in [2.45, 2.75) is 24.3 Å². The molecular weight excluding hydrogens is 295 g/mol. The van der Waals surface area contributed by atoms with E-state index in [0.717, 1.165) is 12.1 Å². The maximum Gasteiger partial charge on any atom is 0.304 e. The van der Waals surface area contributed by atoms with Crippen LogP contribution in [0.5, 0.6) is 0 Å². The Morgan fingerprint density at radius 3 is 2.65 bits per heavy atom. The lowest BCUT2D eigenvalue weighted by molar-refractivity contribution is -0.388. The lowest BCUT2D eigenvalue weighted by atomic mass is 10.3. The fourth-order valence-electron chi connectivity index (χ4n) is 1.49. The molecule has 0 radical (unpaired) electrons. The molecule has 0 saturated carbocycles. The Hall–Kier alpha value is -2.07. The van der Waals surface area contributed by atoms with Crippen LogP contribution in [0.2, 0.25) is 0 Å². The highest BCUT2D eigenvalue weighted by atomic mass is 32.2. The van der Waals surface area contributed by atoms with Gasteiger partial charge in [-0.1, -0.05) is 0 Å². The van der Waals surface area contributed by atoms with E-state index in [1.54, 1.807) is 0 Å². The molecule has 0 spiro atoms. The molecule has 20 heavy (non-hydrogen) atoms. The van der Waals surface area contributed by atoms with E-state index in [-0.39, 0.29) is 0 Å². The average molecular weight is 306 g/mol. The normalized spacial score (nSPS) is 12.9. The van der Waals surface area contributed by atoms with Crippen LogP contribution in [0.3, 0.4) is 0 Å². The van der Waals surface area contributed by atoms with Crippen LogP contribution in [0.15, 0.2) is 23.1 Å². The molecule has 10 heteroatoms. The quantitative estimate of drug-likeness (QED) is 0.593. The van der Waals surface area contributed by atoms with Crippen molar-refractivity contribution < 1.29 is 27.6 Å². The number of hydrogen-bond acceptors (Lipinski definition) is 5. The Labute approximate surface area is 113 Å². The number of nitro groups is 1. The highest BCUT2D eigenvalue weighted by Crippen LogP contribution is 2.24. The summed E-state index contributed by atoms with van der Waals surface area (Å²) in [7, 11) is -4.32. The summed E-state index contributed by atoms with van der Waals surface area (Å²) in [4.78, 5) is 19.4. The van der Waals surface area contributed by atoms with Gasteiger partial charge in [-0.25, -0.2) is 17.5 Å². The van der Waals surface area contributed by atoms with Gasteiger partial charge in [0.05, 0.1) is 17.4 Å². The van der Waals surface area contributed by atoms with Crippen LogP contribution in [0.25, 0.3) is 0 Å². The molecule has 0 amide bonds. The lowest BCUT2D eigenvalue weighted by Crippen LogP contribution is -2.34. The van der Waals surface area contributed by atoms with Gasteiger partial charge < -0.3 is 5.11 Å². The molecule has 2 N–H and O–H groups in total. The molecule has 8 nitrogen and oxygen atoms in total. The SMILES string of the molecule is CC(CC(=O)O)NS(=O)(=O)c1ccc(F)cc1[N+](=O)[O-]. The number of carboxylic acids is 1. The molecule has 1 aromatic carbocycles. The Morgan fingerprint density at radius 1 is 1.55 bits per heavy atom. The van der Waals surface area contributed by atoms with Gasteiger partial charge in [0.25, 0.3) is 5.69 Å². The molecule has 0 bridgehead atoms. The van der Waals surface area contributed by atoms with E-state index in [4.69, 9.17) is 5.11 Å². The summed E-state index contributed by atoms with van der Waals surface area (Å²) in [5.74, 6) is -2.18. The molecule has 0 aromatic heterocycles.